The SMILES string of the molecule is CCNC(=S)NC(C)C12CC3CC(CC(C3)C1)C2. The van der Waals surface area contributed by atoms with Crippen LogP contribution in [0.2, 0.25) is 0 Å². The van der Waals surface area contributed by atoms with Crippen LogP contribution in [0.5, 0.6) is 0 Å². The third-order valence-corrected chi connectivity index (χ3v) is 5.95. The van der Waals surface area contributed by atoms with Gasteiger partial charge in [-0.05, 0) is 87.8 Å². The maximum atomic E-state index is 5.36. The number of hydrogen-bond donors (Lipinski definition) is 2. The minimum absolute atomic E-state index is 0.539. The fourth-order valence-electron chi connectivity index (χ4n) is 5.27. The van der Waals surface area contributed by atoms with E-state index in [1.165, 1.54) is 38.5 Å². The third-order valence-electron chi connectivity index (χ3n) is 5.69. The number of rotatable bonds is 3. The number of nitrogens with one attached hydrogen (secondary N) is 2. The van der Waals surface area contributed by atoms with Crippen molar-refractivity contribution in [1.29, 1.82) is 0 Å². The molecule has 0 aromatic heterocycles. The number of thiocarbonyl (C=S) groups is 1. The van der Waals surface area contributed by atoms with E-state index in [1.54, 1.807) is 0 Å². The largest absolute Gasteiger partial charge is 0.363 e. The summed E-state index contributed by atoms with van der Waals surface area (Å²) in [5.41, 5.74) is 0.550. The van der Waals surface area contributed by atoms with Gasteiger partial charge < -0.3 is 10.6 Å². The summed E-state index contributed by atoms with van der Waals surface area (Å²) in [6.07, 6.45) is 8.89. The van der Waals surface area contributed by atoms with E-state index in [2.05, 4.69) is 24.5 Å². The van der Waals surface area contributed by atoms with E-state index in [4.69, 9.17) is 12.2 Å². The highest BCUT2D eigenvalue weighted by molar-refractivity contribution is 7.80. The molecular weight excluding hydrogens is 240 g/mol. The van der Waals surface area contributed by atoms with Crippen molar-refractivity contribution in [1.82, 2.24) is 10.6 Å². The summed E-state index contributed by atoms with van der Waals surface area (Å²) in [7, 11) is 0. The monoisotopic (exact) mass is 266 g/mol. The summed E-state index contributed by atoms with van der Waals surface area (Å²) in [6, 6.07) is 0.539. The van der Waals surface area contributed by atoms with Gasteiger partial charge in [-0.1, -0.05) is 0 Å². The molecule has 4 bridgehead atoms. The lowest BCUT2D eigenvalue weighted by Crippen LogP contribution is -2.57. The molecule has 0 saturated heterocycles. The van der Waals surface area contributed by atoms with Gasteiger partial charge in [-0.25, -0.2) is 0 Å². The maximum Gasteiger partial charge on any atom is 0.166 e. The Hall–Kier alpha value is -0.310. The van der Waals surface area contributed by atoms with Crippen LogP contribution in [0.3, 0.4) is 0 Å². The molecule has 2 N–H and O–H groups in total. The molecule has 0 spiro atoms. The van der Waals surface area contributed by atoms with Crippen LogP contribution < -0.4 is 10.6 Å². The average molecular weight is 266 g/mol. The van der Waals surface area contributed by atoms with E-state index in [0.717, 1.165) is 29.4 Å². The Labute approximate surface area is 116 Å². The fourth-order valence-corrected chi connectivity index (χ4v) is 5.59. The van der Waals surface area contributed by atoms with Crippen molar-refractivity contribution in [2.75, 3.05) is 6.54 Å². The number of hydrogen-bond acceptors (Lipinski definition) is 1. The Morgan fingerprint density at radius 1 is 1.17 bits per heavy atom. The van der Waals surface area contributed by atoms with Crippen LogP contribution in [0.4, 0.5) is 0 Å². The van der Waals surface area contributed by atoms with Gasteiger partial charge in [0.1, 0.15) is 0 Å². The van der Waals surface area contributed by atoms with Crippen molar-refractivity contribution in [3.63, 3.8) is 0 Å². The maximum absolute atomic E-state index is 5.36. The van der Waals surface area contributed by atoms with Crippen molar-refractivity contribution in [3.8, 4) is 0 Å². The quantitative estimate of drug-likeness (QED) is 0.768. The molecule has 18 heavy (non-hydrogen) atoms. The van der Waals surface area contributed by atoms with Gasteiger partial charge in [-0.2, -0.15) is 0 Å². The molecule has 1 atom stereocenters. The highest BCUT2D eigenvalue weighted by Crippen LogP contribution is 2.61. The van der Waals surface area contributed by atoms with Crippen molar-refractivity contribution in [3.05, 3.63) is 0 Å². The Balaban J connectivity index is 1.69. The van der Waals surface area contributed by atoms with Gasteiger partial charge in [0.25, 0.3) is 0 Å². The predicted octanol–water partition coefficient (Wildman–Crippen LogP) is 3.08. The van der Waals surface area contributed by atoms with Crippen LogP contribution in [0.1, 0.15) is 52.4 Å². The topological polar surface area (TPSA) is 24.1 Å². The Bertz CT molecular complexity index is 304. The minimum Gasteiger partial charge on any atom is -0.363 e. The standard InChI is InChI=1S/C15H26N2S/c1-3-16-14(18)17-10(2)15-7-11-4-12(8-15)6-13(5-11)9-15/h10-13H,3-9H2,1-2H3,(H2,16,17,18). The first-order chi connectivity index (χ1) is 8.61. The first kappa shape index (κ1) is 12.7. The molecule has 0 heterocycles. The molecule has 0 aliphatic heterocycles. The molecular formula is C15H26N2S. The molecule has 0 amide bonds. The highest BCUT2D eigenvalue weighted by Gasteiger charge is 2.53. The first-order valence-corrected chi connectivity index (χ1v) is 8.06. The van der Waals surface area contributed by atoms with Gasteiger partial charge in [0, 0.05) is 12.6 Å². The van der Waals surface area contributed by atoms with Crippen LogP contribution in [0.25, 0.3) is 0 Å². The van der Waals surface area contributed by atoms with Crippen LogP contribution in [-0.4, -0.2) is 17.7 Å². The average Bonchev–Trinajstić information content (AvgIpc) is 2.27. The fraction of sp³-hybridized carbons (Fsp3) is 0.933. The summed E-state index contributed by atoms with van der Waals surface area (Å²) >= 11 is 5.36. The van der Waals surface area contributed by atoms with Crippen molar-refractivity contribution in [2.24, 2.45) is 23.2 Å². The molecule has 4 saturated carbocycles. The molecule has 0 aromatic rings. The molecule has 3 heteroatoms. The minimum atomic E-state index is 0.539. The Morgan fingerprint density at radius 3 is 2.11 bits per heavy atom. The second-order valence-corrected chi connectivity index (χ2v) is 7.41. The van der Waals surface area contributed by atoms with E-state index in [9.17, 15) is 0 Å². The van der Waals surface area contributed by atoms with E-state index >= 15 is 0 Å². The second-order valence-electron chi connectivity index (χ2n) is 7.01. The smallest absolute Gasteiger partial charge is 0.166 e. The van der Waals surface area contributed by atoms with Gasteiger partial charge in [0.15, 0.2) is 5.11 Å². The van der Waals surface area contributed by atoms with Gasteiger partial charge in [-0.15, -0.1) is 0 Å². The Morgan fingerprint density at radius 2 is 1.67 bits per heavy atom. The summed E-state index contributed by atoms with van der Waals surface area (Å²) < 4.78 is 0. The second kappa shape index (κ2) is 4.66. The predicted molar refractivity (Wildman–Crippen MR) is 79.5 cm³/mol. The third kappa shape index (κ3) is 2.15. The first-order valence-electron chi connectivity index (χ1n) is 7.65. The molecule has 4 aliphatic rings. The van der Waals surface area contributed by atoms with Crippen LogP contribution in [0.15, 0.2) is 0 Å². The van der Waals surface area contributed by atoms with E-state index in [-0.39, 0.29) is 0 Å². The lowest BCUT2D eigenvalue weighted by molar-refractivity contribution is -0.0672. The molecule has 1 unspecified atom stereocenters. The van der Waals surface area contributed by atoms with Crippen LogP contribution in [0, 0.1) is 23.2 Å². The molecule has 4 fully saturated rings. The van der Waals surface area contributed by atoms with E-state index in [0.29, 0.717) is 11.5 Å². The van der Waals surface area contributed by atoms with Gasteiger partial charge in [-0.3, -0.25) is 0 Å². The summed E-state index contributed by atoms with van der Waals surface area (Å²) in [5, 5.41) is 7.63. The Kier molecular flexibility index (Phi) is 3.29. The van der Waals surface area contributed by atoms with Crippen LogP contribution >= 0.6 is 12.2 Å². The molecule has 2 nitrogen and oxygen atoms in total. The lowest BCUT2D eigenvalue weighted by Gasteiger charge is -2.59. The molecule has 4 aliphatic carbocycles. The van der Waals surface area contributed by atoms with Crippen LogP contribution in [-0.2, 0) is 0 Å². The zero-order valence-corrected chi connectivity index (χ0v) is 12.5. The zero-order valence-electron chi connectivity index (χ0n) is 11.7. The van der Waals surface area contributed by atoms with Crippen molar-refractivity contribution in [2.45, 2.75) is 58.4 Å². The van der Waals surface area contributed by atoms with Gasteiger partial charge in [0.05, 0.1) is 0 Å². The summed E-state index contributed by atoms with van der Waals surface area (Å²) in [4.78, 5) is 0. The lowest BCUT2D eigenvalue weighted by atomic mass is 9.48. The van der Waals surface area contributed by atoms with Gasteiger partial charge >= 0.3 is 0 Å². The van der Waals surface area contributed by atoms with Crippen molar-refractivity contribution < 1.29 is 0 Å². The zero-order chi connectivity index (χ0) is 12.8. The van der Waals surface area contributed by atoms with Crippen molar-refractivity contribution >= 4 is 17.3 Å². The normalized spacial score (nSPS) is 42.7. The molecule has 102 valence electrons. The summed E-state index contributed by atoms with van der Waals surface area (Å²) in [5.74, 6) is 3.06. The highest BCUT2D eigenvalue weighted by atomic mass is 32.1. The van der Waals surface area contributed by atoms with E-state index < -0.39 is 0 Å². The molecule has 4 rings (SSSR count). The van der Waals surface area contributed by atoms with Gasteiger partial charge in [0.2, 0.25) is 0 Å². The summed E-state index contributed by atoms with van der Waals surface area (Å²) in [6.45, 7) is 5.37. The molecule has 0 radical (unpaired) electrons. The molecule has 0 aromatic carbocycles. The van der Waals surface area contributed by atoms with E-state index in [1.807, 2.05) is 0 Å².